The number of hydrogen-bond donors (Lipinski definition) is 6. The van der Waals surface area contributed by atoms with E-state index in [1.165, 1.54) is 12.3 Å². The number of nitrogens with one attached hydrogen (secondary N) is 6. The molecular formula is C56H60N6O7S. The molecule has 0 aromatic heterocycles. The van der Waals surface area contributed by atoms with E-state index in [4.69, 9.17) is 0 Å². The van der Waals surface area contributed by atoms with Crippen molar-refractivity contribution < 1.29 is 32.4 Å². The number of carbonyl (C=O) groups excluding carboxylic acids is 5. The van der Waals surface area contributed by atoms with Crippen LogP contribution in [0.5, 0.6) is 0 Å². The van der Waals surface area contributed by atoms with Gasteiger partial charge in [-0.2, -0.15) is 0 Å². The summed E-state index contributed by atoms with van der Waals surface area (Å²) in [5.41, 5.74) is 12.4. The molecular weight excluding hydrogens is 901 g/mol. The number of rotatable bonds is 20. The first-order valence-electron chi connectivity index (χ1n) is 23.2. The molecule has 13 nitrogen and oxygen atoms in total. The van der Waals surface area contributed by atoms with Crippen molar-refractivity contribution in [3.05, 3.63) is 185 Å². The molecule has 0 aliphatic carbocycles. The normalized spacial score (nSPS) is 11.9. The van der Waals surface area contributed by atoms with Crippen molar-refractivity contribution >= 4 is 77.9 Å². The highest BCUT2D eigenvalue weighted by Gasteiger charge is 2.25. The molecule has 2 atom stereocenters. The van der Waals surface area contributed by atoms with Crippen molar-refractivity contribution in [2.24, 2.45) is 0 Å². The quantitative estimate of drug-likeness (QED) is 0.0404. The number of amides is 3. The summed E-state index contributed by atoms with van der Waals surface area (Å²) in [5, 5.41) is 13.2. The van der Waals surface area contributed by atoms with Gasteiger partial charge in [-0.05, 0) is 119 Å². The van der Waals surface area contributed by atoms with E-state index in [0.29, 0.717) is 29.5 Å². The number of hydrogen-bond acceptors (Lipinski definition) is 9. The standard InChI is InChI=1S/C29H29N3O4S.C27H31N3O3/c1-20-12-13-24(27(16-21-8-4-3-5-9-21)28(33)19-30-37(2,35)36)18-26(20)29(34)32-31-25-15-14-22-10-6-7-11-23(22)17-25;1-4-5-10-25(26(32)17-28-19(3)31)30-27(33)24-14-13-22(15-18(24)2)29-23-12-11-20-8-6-7-9-21(20)16-23/h3-15,17-18,27,30-31H,16,19H2,1-2H3,(H,32,34);6-9,11-16,25,29H,4-5,10,17H2,1-3H3,(H,28,31)(H,30,33)/t27-;/m0./s1. The molecule has 0 saturated carbocycles. The minimum Gasteiger partial charge on any atom is -0.356 e. The highest BCUT2D eigenvalue weighted by atomic mass is 32.2. The predicted molar refractivity (Wildman–Crippen MR) is 280 cm³/mol. The molecule has 0 spiro atoms. The molecule has 0 bridgehead atoms. The monoisotopic (exact) mass is 960 g/mol. The molecule has 362 valence electrons. The fourth-order valence-corrected chi connectivity index (χ4v) is 8.28. The molecule has 0 fully saturated rings. The largest absolute Gasteiger partial charge is 0.356 e. The Bertz CT molecular complexity index is 3110. The lowest BCUT2D eigenvalue weighted by Crippen LogP contribution is -2.45. The summed E-state index contributed by atoms with van der Waals surface area (Å²) in [6, 6.07) is 47.8. The van der Waals surface area contributed by atoms with Crippen molar-refractivity contribution in [2.45, 2.75) is 65.3 Å². The Morgan fingerprint density at radius 1 is 0.586 bits per heavy atom. The number of aryl methyl sites for hydroxylation is 2. The zero-order chi connectivity index (χ0) is 50.2. The molecule has 0 aliphatic heterocycles. The number of unbranched alkanes of at least 4 members (excludes halogenated alkanes) is 1. The second-order valence-corrected chi connectivity index (χ2v) is 19.1. The summed E-state index contributed by atoms with van der Waals surface area (Å²) in [7, 11) is -3.53. The highest BCUT2D eigenvalue weighted by molar-refractivity contribution is 7.88. The van der Waals surface area contributed by atoms with Crippen molar-refractivity contribution in [3.63, 3.8) is 0 Å². The predicted octanol–water partition coefficient (Wildman–Crippen LogP) is 9.24. The number of benzene rings is 7. The SMILES string of the molecule is CCCCC(NC(=O)c1ccc(Nc2ccc3ccccc3c2)cc1C)C(=O)CNC(C)=O.Cc1ccc([C@H](Cc2ccccc2)C(=O)CNS(C)(=O)=O)cc1C(=O)NNc1ccc2ccccc2c1. The van der Waals surface area contributed by atoms with Crippen molar-refractivity contribution in [1.82, 2.24) is 20.8 Å². The van der Waals surface area contributed by atoms with Gasteiger partial charge in [-0.15, -0.1) is 0 Å². The molecule has 7 rings (SSSR count). The third kappa shape index (κ3) is 15.2. The lowest BCUT2D eigenvalue weighted by atomic mass is 9.86. The van der Waals surface area contributed by atoms with E-state index in [1.54, 1.807) is 18.2 Å². The zero-order valence-electron chi connectivity index (χ0n) is 40.1. The summed E-state index contributed by atoms with van der Waals surface area (Å²) in [6.07, 6.45) is 3.66. The van der Waals surface area contributed by atoms with Gasteiger partial charge in [0.25, 0.3) is 11.8 Å². The van der Waals surface area contributed by atoms with Gasteiger partial charge in [0.2, 0.25) is 15.9 Å². The summed E-state index contributed by atoms with van der Waals surface area (Å²) in [4.78, 5) is 62.8. The van der Waals surface area contributed by atoms with Gasteiger partial charge in [0.05, 0.1) is 31.1 Å². The Hall–Kier alpha value is -7.68. The minimum absolute atomic E-state index is 0.0857. The van der Waals surface area contributed by atoms with Crippen LogP contribution in [-0.2, 0) is 30.8 Å². The number of Topliss-reactive ketones (excluding diaryl/α,β-unsaturated/α-hetero) is 2. The summed E-state index contributed by atoms with van der Waals surface area (Å²) < 4.78 is 25.4. The number of fused-ring (bicyclic) bond motifs is 2. The van der Waals surface area contributed by atoms with Crippen molar-refractivity contribution in [2.75, 3.05) is 30.1 Å². The maximum Gasteiger partial charge on any atom is 0.269 e. The first-order chi connectivity index (χ1) is 33.6. The molecule has 6 N–H and O–H groups in total. The molecule has 0 heterocycles. The van der Waals surface area contributed by atoms with Gasteiger partial charge in [0.15, 0.2) is 11.6 Å². The van der Waals surface area contributed by atoms with E-state index in [2.05, 4.69) is 55.8 Å². The molecule has 0 saturated heterocycles. The Labute approximate surface area is 409 Å². The Morgan fingerprint density at radius 2 is 1.19 bits per heavy atom. The maximum absolute atomic E-state index is 13.1. The highest BCUT2D eigenvalue weighted by Crippen LogP contribution is 2.27. The maximum atomic E-state index is 13.1. The lowest BCUT2D eigenvalue weighted by Gasteiger charge is -2.19. The van der Waals surface area contributed by atoms with E-state index in [-0.39, 0.29) is 42.4 Å². The van der Waals surface area contributed by atoms with Crippen LogP contribution in [0.3, 0.4) is 0 Å². The Kier molecular flexibility index (Phi) is 18.1. The van der Waals surface area contributed by atoms with Gasteiger partial charge >= 0.3 is 0 Å². The topological polar surface area (TPSA) is 192 Å². The first-order valence-corrected chi connectivity index (χ1v) is 25.1. The third-order valence-corrected chi connectivity index (χ3v) is 12.4. The zero-order valence-corrected chi connectivity index (χ0v) is 40.9. The van der Waals surface area contributed by atoms with Crippen LogP contribution in [0.25, 0.3) is 21.5 Å². The number of hydrazine groups is 1. The van der Waals surface area contributed by atoms with Crippen LogP contribution in [0.1, 0.15) is 82.0 Å². The fraction of sp³-hybridized carbons (Fsp3) is 0.232. The van der Waals surface area contributed by atoms with E-state index in [0.717, 1.165) is 69.0 Å². The Morgan fingerprint density at radius 3 is 1.81 bits per heavy atom. The molecule has 3 amide bonds. The number of sulfonamides is 1. The van der Waals surface area contributed by atoms with Gasteiger partial charge in [-0.3, -0.25) is 34.8 Å². The van der Waals surface area contributed by atoms with Crippen LogP contribution in [0, 0.1) is 13.8 Å². The number of ketones is 2. The van der Waals surface area contributed by atoms with Gasteiger partial charge in [-0.25, -0.2) is 13.1 Å². The first kappa shape index (κ1) is 51.7. The Balaban J connectivity index is 0.000000231. The second kappa shape index (κ2) is 24.6. The summed E-state index contributed by atoms with van der Waals surface area (Å²) in [5.74, 6) is -2.00. The number of carbonyl (C=O) groups is 5. The van der Waals surface area contributed by atoms with Crippen LogP contribution in [0.4, 0.5) is 17.1 Å². The van der Waals surface area contributed by atoms with E-state index < -0.39 is 22.0 Å². The van der Waals surface area contributed by atoms with E-state index >= 15 is 0 Å². The second-order valence-electron chi connectivity index (χ2n) is 17.3. The van der Waals surface area contributed by atoms with E-state index in [1.807, 2.05) is 130 Å². The van der Waals surface area contributed by atoms with Gasteiger partial charge < -0.3 is 16.0 Å². The van der Waals surface area contributed by atoms with Crippen LogP contribution >= 0.6 is 0 Å². The van der Waals surface area contributed by atoms with Crippen LogP contribution in [-0.4, -0.2) is 63.1 Å². The van der Waals surface area contributed by atoms with Crippen LogP contribution < -0.4 is 31.5 Å². The fourth-order valence-electron chi connectivity index (χ4n) is 7.88. The van der Waals surface area contributed by atoms with Crippen molar-refractivity contribution in [1.29, 1.82) is 0 Å². The number of anilines is 3. The molecule has 7 aromatic carbocycles. The minimum atomic E-state index is -3.53. The van der Waals surface area contributed by atoms with Gasteiger partial charge in [0, 0.05) is 35.3 Å². The molecule has 1 unspecified atom stereocenters. The molecule has 0 aliphatic rings. The average molecular weight is 961 g/mol. The van der Waals surface area contributed by atoms with E-state index in [9.17, 15) is 32.4 Å². The smallest absolute Gasteiger partial charge is 0.269 e. The summed E-state index contributed by atoms with van der Waals surface area (Å²) >= 11 is 0. The van der Waals surface area contributed by atoms with Crippen LogP contribution in [0.15, 0.2) is 152 Å². The molecule has 70 heavy (non-hydrogen) atoms. The average Bonchev–Trinajstić information content (AvgIpc) is 3.35. The van der Waals surface area contributed by atoms with Crippen LogP contribution in [0.2, 0.25) is 0 Å². The third-order valence-electron chi connectivity index (χ3n) is 11.7. The van der Waals surface area contributed by atoms with Gasteiger partial charge in [-0.1, -0.05) is 123 Å². The van der Waals surface area contributed by atoms with Gasteiger partial charge in [0.1, 0.15) is 0 Å². The lowest BCUT2D eigenvalue weighted by molar-refractivity contribution is -0.124. The summed E-state index contributed by atoms with van der Waals surface area (Å²) in [6.45, 7) is 6.69. The molecule has 14 heteroatoms. The van der Waals surface area contributed by atoms with Crippen molar-refractivity contribution in [3.8, 4) is 0 Å². The molecule has 0 radical (unpaired) electrons. The molecule has 7 aromatic rings.